The molecule has 5 nitrogen and oxygen atoms in total. The molecule has 0 atom stereocenters. The van der Waals surface area contributed by atoms with Gasteiger partial charge in [-0.05, 0) is 25.0 Å². The van der Waals surface area contributed by atoms with Gasteiger partial charge in [-0.1, -0.05) is 12.8 Å². The number of nitrogens with zero attached hydrogens (tertiary/aromatic N) is 3. The van der Waals surface area contributed by atoms with Crippen molar-refractivity contribution in [1.82, 2.24) is 14.8 Å². The van der Waals surface area contributed by atoms with Gasteiger partial charge >= 0.3 is 0 Å². The van der Waals surface area contributed by atoms with E-state index in [0.29, 0.717) is 11.6 Å². The third kappa shape index (κ3) is 2.50. The molecule has 0 radical (unpaired) electrons. The van der Waals surface area contributed by atoms with Crippen LogP contribution in [-0.2, 0) is 0 Å². The van der Waals surface area contributed by atoms with Crippen molar-refractivity contribution in [2.45, 2.75) is 31.7 Å². The minimum absolute atomic E-state index is 0.146. The second kappa shape index (κ2) is 5.22. The summed E-state index contributed by atoms with van der Waals surface area (Å²) >= 11 is 0. The summed E-state index contributed by atoms with van der Waals surface area (Å²) < 4.78 is 1.93. The second-order valence-electron chi connectivity index (χ2n) is 4.80. The van der Waals surface area contributed by atoms with E-state index in [9.17, 15) is 4.79 Å². The molecule has 5 heteroatoms. The fourth-order valence-electron chi connectivity index (χ4n) is 2.54. The Bertz CT molecular complexity index is 558. The van der Waals surface area contributed by atoms with Crippen LogP contribution >= 0.6 is 0 Å². The van der Waals surface area contributed by atoms with Gasteiger partial charge < -0.3 is 5.32 Å². The Morgan fingerprint density at radius 3 is 2.84 bits per heavy atom. The number of amides is 1. The van der Waals surface area contributed by atoms with Crippen molar-refractivity contribution in [2.75, 3.05) is 5.32 Å². The highest BCUT2D eigenvalue weighted by Crippen LogP contribution is 2.31. The first-order valence-electron chi connectivity index (χ1n) is 6.59. The molecule has 0 bridgehead atoms. The van der Waals surface area contributed by atoms with E-state index in [0.717, 1.165) is 18.7 Å². The number of hydrogen-bond donors (Lipinski definition) is 1. The summed E-state index contributed by atoms with van der Waals surface area (Å²) in [5.41, 5.74) is 0.557. The number of nitrogens with one attached hydrogen (secondary N) is 1. The van der Waals surface area contributed by atoms with E-state index in [1.165, 1.54) is 12.8 Å². The lowest BCUT2D eigenvalue weighted by Gasteiger charge is -2.14. The standard InChI is InChI=1S/C14H16N4O/c19-14(11-4-3-8-15-10-11)17-13-7-9-16-18(13)12-5-1-2-6-12/h3-4,7-10,12H,1-2,5-6H2,(H,17,19). The highest BCUT2D eigenvalue weighted by Gasteiger charge is 2.20. The lowest BCUT2D eigenvalue weighted by Crippen LogP contribution is -2.17. The highest BCUT2D eigenvalue weighted by atomic mass is 16.1. The van der Waals surface area contributed by atoms with Gasteiger partial charge in [-0.2, -0.15) is 5.10 Å². The Hall–Kier alpha value is -2.17. The molecular formula is C14H16N4O. The van der Waals surface area contributed by atoms with E-state index in [2.05, 4.69) is 15.4 Å². The third-order valence-corrected chi connectivity index (χ3v) is 3.51. The van der Waals surface area contributed by atoms with Crippen molar-refractivity contribution in [2.24, 2.45) is 0 Å². The summed E-state index contributed by atoms with van der Waals surface area (Å²) in [6.07, 6.45) is 9.69. The van der Waals surface area contributed by atoms with Gasteiger partial charge in [-0.25, -0.2) is 4.68 Å². The highest BCUT2D eigenvalue weighted by molar-refractivity contribution is 6.03. The molecule has 0 unspecified atom stereocenters. The number of hydrogen-bond acceptors (Lipinski definition) is 3. The number of rotatable bonds is 3. The van der Waals surface area contributed by atoms with Gasteiger partial charge in [0.25, 0.3) is 5.91 Å². The molecule has 1 aliphatic rings. The van der Waals surface area contributed by atoms with E-state index in [4.69, 9.17) is 0 Å². The molecule has 0 aromatic carbocycles. The Kier molecular flexibility index (Phi) is 3.27. The lowest BCUT2D eigenvalue weighted by atomic mass is 10.2. The maximum atomic E-state index is 12.1. The fourth-order valence-corrected chi connectivity index (χ4v) is 2.54. The fraction of sp³-hybridized carbons (Fsp3) is 0.357. The summed E-state index contributed by atoms with van der Waals surface area (Å²) in [6.45, 7) is 0. The number of pyridine rings is 1. The zero-order valence-electron chi connectivity index (χ0n) is 10.6. The van der Waals surface area contributed by atoms with Crippen LogP contribution in [-0.4, -0.2) is 20.7 Å². The molecule has 1 amide bonds. The topological polar surface area (TPSA) is 59.8 Å². The average Bonchev–Trinajstić information content (AvgIpc) is 3.10. The molecule has 1 aliphatic carbocycles. The number of carbonyl (C=O) groups excluding carboxylic acids is 1. The second-order valence-corrected chi connectivity index (χ2v) is 4.80. The zero-order valence-corrected chi connectivity index (χ0v) is 10.6. The molecule has 1 fully saturated rings. The molecule has 19 heavy (non-hydrogen) atoms. The van der Waals surface area contributed by atoms with Crippen molar-refractivity contribution in [1.29, 1.82) is 0 Å². The van der Waals surface area contributed by atoms with Crippen LogP contribution in [0.15, 0.2) is 36.8 Å². The molecule has 1 N–H and O–H groups in total. The molecule has 3 rings (SSSR count). The Balaban J connectivity index is 1.77. The Labute approximate surface area is 111 Å². The Morgan fingerprint density at radius 1 is 1.26 bits per heavy atom. The molecule has 1 saturated carbocycles. The quantitative estimate of drug-likeness (QED) is 0.918. The third-order valence-electron chi connectivity index (χ3n) is 3.51. The van der Waals surface area contributed by atoms with Crippen LogP contribution in [0, 0.1) is 0 Å². The first-order valence-corrected chi connectivity index (χ1v) is 6.59. The van der Waals surface area contributed by atoms with Crippen molar-refractivity contribution < 1.29 is 4.79 Å². The van der Waals surface area contributed by atoms with Crippen LogP contribution in [0.2, 0.25) is 0 Å². The minimum Gasteiger partial charge on any atom is -0.307 e. The van der Waals surface area contributed by atoms with Gasteiger partial charge in [0.15, 0.2) is 0 Å². The summed E-state index contributed by atoms with van der Waals surface area (Å²) in [5, 5.41) is 7.24. The van der Waals surface area contributed by atoms with Gasteiger partial charge in [0.05, 0.1) is 17.8 Å². The molecule has 2 aromatic heterocycles. The maximum Gasteiger partial charge on any atom is 0.258 e. The monoisotopic (exact) mass is 256 g/mol. The van der Waals surface area contributed by atoms with E-state index in [-0.39, 0.29) is 5.91 Å². The van der Waals surface area contributed by atoms with Crippen LogP contribution in [0.4, 0.5) is 5.82 Å². The predicted molar refractivity (Wildman–Crippen MR) is 71.9 cm³/mol. The predicted octanol–water partition coefficient (Wildman–Crippen LogP) is 2.65. The van der Waals surface area contributed by atoms with Crippen LogP contribution in [0.5, 0.6) is 0 Å². The van der Waals surface area contributed by atoms with Crippen LogP contribution in [0.25, 0.3) is 0 Å². The number of anilines is 1. The van der Waals surface area contributed by atoms with E-state index < -0.39 is 0 Å². The average molecular weight is 256 g/mol. The van der Waals surface area contributed by atoms with Crippen LogP contribution < -0.4 is 5.32 Å². The van der Waals surface area contributed by atoms with Crippen molar-refractivity contribution in [3.05, 3.63) is 42.4 Å². The van der Waals surface area contributed by atoms with Gasteiger partial charge in [-0.15, -0.1) is 0 Å². The number of aromatic nitrogens is 3. The van der Waals surface area contributed by atoms with Crippen molar-refractivity contribution >= 4 is 11.7 Å². The zero-order chi connectivity index (χ0) is 13.1. The van der Waals surface area contributed by atoms with Gasteiger partial charge in [-0.3, -0.25) is 9.78 Å². The Morgan fingerprint density at radius 2 is 2.11 bits per heavy atom. The summed E-state index contributed by atoms with van der Waals surface area (Å²) in [6, 6.07) is 5.76. The molecule has 0 saturated heterocycles. The molecule has 98 valence electrons. The molecular weight excluding hydrogens is 240 g/mol. The maximum absolute atomic E-state index is 12.1. The molecule has 0 spiro atoms. The first kappa shape index (κ1) is 11.9. The van der Waals surface area contributed by atoms with Gasteiger partial charge in [0, 0.05) is 18.5 Å². The van der Waals surface area contributed by atoms with E-state index in [1.54, 1.807) is 30.7 Å². The smallest absolute Gasteiger partial charge is 0.258 e. The van der Waals surface area contributed by atoms with Crippen molar-refractivity contribution in [3.63, 3.8) is 0 Å². The first-order chi connectivity index (χ1) is 9.34. The summed E-state index contributed by atoms with van der Waals surface area (Å²) in [4.78, 5) is 16.0. The van der Waals surface area contributed by atoms with E-state index in [1.807, 2.05) is 10.7 Å². The molecule has 2 aromatic rings. The summed E-state index contributed by atoms with van der Waals surface area (Å²) in [5.74, 6) is 0.619. The van der Waals surface area contributed by atoms with Gasteiger partial charge in [0.1, 0.15) is 5.82 Å². The molecule has 2 heterocycles. The van der Waals surface area contributed by atoms with Crippen LogP contribution in [0.1, 0.15) is 42.1 Å². The summed E-state index contributed by atoms with van der Waals surface area (Å²) in [7, 11) is 0. The SMILES string of the molecule is O=C(Nc1ccnn1C1CCCC1)c1cccnc1. The normalized spacial score (nSPS) is 15.6. The largest absolute Gasteiger partial charge is 0.307 e. The van der Waals surface area contributed by atoms with Crippen LogP contribution in [0.3, 0.4) is 0 Å². The van der Waals surface area contributed by atoms with Crippen molar-refractivity contribution in [3.8, 4) is 0 Å². The number of carbonyl (C=O) groups is 1. The van der Waals surface area contributed by atoms with E-state index >= 15 is 0 Å². The minimum atomic E-state index is -0.146. The molecule has 0 aliphatic heterocycles. The van der Waals surface area contributed by atoms with Gasteiger partial charge in [0.2, 0.25) is 0 Å². The lowest BCUT2D eigenvalue weighted by molar-refractivity contribution is 0.102.